The monoisotopic (exact) mass is 312 g/mol. The first-order valence-corrected chi connectivity index (χ1v) is 6.50. The van der Waals surface area contributed by atoms with Crippen molar-refractivity contribution in [1.29, 1.82) is 0 Å². The fourth-order valence-corrected chi connectivity index (χ4v) is 1.80. The van der Waals surface area contributed by atoms with Gasteiger partial charge in [0, 0.05) is 16.1 Å². The first-order chi connectivity index (χ1) is 8.40. The molecule has 1 rings (SSSR count). The minimum absolute atomic E-state index is 0.0162. The second-order valence-electron chi connectivity index (χ2n) is 4.40. The first kappa shape index (κ1) is 14.9. The summed E-state index contributed by atoms with van der Waals surface area (Å²) in [6.07, 6.45) is 0. The third-order valence-corrected chi connectivity index (χ3v) is 3.13. The van der Waals surface area contributed by atoms with E-state index in [0.29, 0.717) is 5.56 Å². The molecule has 0 atom stereocenters. The van der Waals surface area contributed by atoms with Crippen molar-refractivity contribution in [2.45, 2.75) is 19.9 Å². The summed E-state index contributed by atoms with van der Waals surface area (Å²) in [5, 5.41) is 0. The molecule has 0 heterocycles. The van der Waals surface area contributed by atoms with Crippen LogP contribution >= 0.6 is 15.9 Å². The van der Waals surface area contributed by atoms with Crippen LogP contribution in [-0.4, -0.2) is 35.7 Å². The molecule has 0 aliphatic heterocycles. The van der Waals surface area contributed by atoms with E-state index in [4.69, 9.17) is 5.73 Å². The Morgan fingerprint density at radius 3 is 2.22 bits per heavy atom. The molecule has 0 aliphatic rings. The molecule has 0 aliphatic carbocycles. The van der Waals surface area contributed by atoms with Gasteiger partial charge in [0.05, 0.1) is 13.1 Å². The van der Waals surface area contributed by atoms with Gasteiger partial charge in [0.2, 0.25) is 5.91 Å². The molecular weight excluding hydrogens is 296 g/mol. The summed E-state index contributed by atoms with van der Waals surface area (Å²) >= 11 is 3.32. The number of hydrogen-bond donors (Lipinski definition) is 1. The highest BCUT2D eigenvalue weighted by Gasteiger charge is 2.17. The number of ketones is 1. The Hall–Kier alpha value is -1.20. The van der Waals surface area contributed by atoms with Gasteiger partial charge in [-0.25, -0.2) is 0 Å². The van der Waals surface area contributed by atoms with E-state index in [1.165, 1.54) is 0 Å². The molecule has 5 heteroatoms. The van der Waals surface area contributed by atoms with Gasteiger partial charge in [-0.15, -0.1) is 0 Å². The third kappa shape index (κ3) is 4.58. The largest absolute Gasteiger partial charge is 0.369 e. The molecule has 2 N–H and O–H groups in total. The van der Waals surface area contributed by atoms with Crippen molar-refractivity contribution in [2.24, 2.45) is 5.73 Å². The molecule has 0 saturated carbocycles. The molecule has 1 aromatic carbocycles. The van der Waals surface area contributed by atoms with Crippen molar-refractivity contribution in [2.75, 3.05) is 13.1 Å². The molecular formula is C13H17BrN2O2. The van der Waals surface area contributed by atoms with Crippen molar-refractivity contribution in [3.05, 3.63) is 34.3 Å². The van der Waals surface area contributed by atoms with E-state index in [9.17, 15) is 9.59 Å². The molecule has 0 unspecified atom stereocenters. The van der Waals surface area contributed by atoms with Gasteiger partial charge >= 0.3 is 0 Å². The van der Waals surface area contributed by atoms with Crippen molar-refractivity contribution >= 4 is 27.6 Å². The summed E-state index contributed by atoms with van der Waals surface area (Å²) in [6.45, 7) is 4.15. The predicted molar refractivity (Wildman–Crippen MR) is 74.4 cm³/mol. The Kier molecular flexibility index (Phi) is 5.50. The van der Waals surface area contributed by atoms with Crippen LogP contribution < -0.4 is 5.73 Å². The topological polar surface area (TPSA) is 63.4 Å². The summed E-state index contributed by atoms with van der Waals surface area (Å²) in [5.74, 6) is -0.440. The van der Waals surface area contributed by atoms with Crippen LogP contribution in [0, 0.1) is 0 Å². The number of nitrogens with zero attached hydrogens (tertiary/aromatic N) is 1. The first-order valence-electron chi connectivity index (χ1n) is 5.71. The number of rotatable bonds is 6. The Labute approximate surface area is 115 Å². The highest BCUT2D eigenvalue weighted by Crippen LogP contribution is 2.11. The number of amides is 1. The van der Waals surface area contributed by atoms with Crippen LogP contribution in [-0.2, 0) is 4.79 Å². The molecule has 0 radical (unpaired) electrons. The lowest BCUT2D eigenvalue weighted by molar-refractivity contribution is -0.119. The third-order valence-electron chi connectivity index (χ3n) is 2.60. The van der Waals surface area contributed by atoms with E-state index in [1.54, 1.807) is 17.0 Å². The molecule has 98 valence electrons. The number of hydrogen-bond acceptors (Lipinski definition) is 3. The van der Waals surface area contributed by atoms with E-state index >= 15 is 0 Å². The van der Waals surface area contributed by atoms with E-state index < -0.39 is 5.91 Å². The van der Waals surface area contributed by atoms with Gasteiger partial charge < -0.3 is 5.73 Å². The van der Waals surface area contributed by atoms with Crippen molar-refractivity contribution in [3.63, 3.8) is 0 Å². The number of halogens is 1. The van der Waals surface area contributed by atoms with Crippen LogP contribution in [0.3, 0.4) is 0 Å². The summed E-state index contributed by atoms with van der Waals surface area (Å²) in [7, 11) is 0. The number of Topliss-reactive ketones (excluding diaryl/α,β-unsaturated/α-hetero) is 1. The summed E-state index contributed by atoms with van der Waals surface area (Å²) in [5.41, 5.74) is 5.80. The lowest BCUT2D eigenvalue weighted by atomic mass is 10.1. The number of carbonyl (C=O) groups is 2. The highest BCUT2D eigenvalue weighted by atomic mass is 79.9. The number of benzene rings is 1. The Morgan fingerprint density at radius 2 is 1.78 bits per heavy atom. The Bertz CT molecular complexity index is 429. The van der Waals surface area contributed by atoms with Crippen LogP contribution in [0.5, 0.6) is 0 Å². The SMILES string of the molecule is CC(C)N(CC(N)=O)CC(=O)c1ccc(Br)cc1. The minimum atomic E-state index is -0.424. The molecule has 0 fully saturated rings. The fourth-order valence-electron chi connectivity index (χ4n) is 1.53. The van der Waals surface area contributed by atoms with Gasteiger partial charge in [-0.1, -0.05) is 28.1 Å². The molecule has 0 saturated heterocycles. The van der Waals surface area contributed by atoms with Crippen molar-refractivity contribution < 1.29 is 9.59 Å². The maximum absolute atomic E-state index is 12.0. The molecule has 1 aromatic rings. The zero-order valence-corrected chi connectivity index (χ0v) is 12.1. The fraction of sp³-hybridized carbons (Fsp3) is 0.385. The summed E-state index contributed by atoms with van der Waals surface area (Å²) < 4.78 is 0.928. The van der Waals surface area contributed by atoms with E-state index in [-0.39, 0.29) is 24.9 Å². The maximum Gasteiger partial charge on any atom is 0.231 e. The highest BCUT2D eigenvalue weighted by molar-refractivity contribution is 9.10. The van der Waals surface area contributed by atoms with Crippen LogP contribution in [0.4, 0.5) is 0 Å². The van der Waals surface area contributed by atoms with Gasteiger partial charge in [-0.05, 0) is 26.0 Å². The molecule has 0 spiro atoms. The number of carbonyl (C=O) groups excluding carboxylic acids is 2. The number of nitrogens with two attached hydrogens (primary N) is 1. The molecule has 0 aromatic heterocycles. The maximum atomic E-state index is 12.0. The van der Waals surface area contributed by atoms with Crippen LogP contribution in [0.2, 0.25) is 0 Å². The second kappa shape index (κ2) is 6.66. The Balaban J connectivity index is 2.72. The van der Waals surface area contributed by atoms with Crippen molar-refractivity contribution in [3.8, 4) is 0 Å². The zero-order chi connectivity index (χ0) is 13.7. The average molecular weight is 313 g/mol. The normalized spacial score (nSPS) is 10.9. The van der Waals surface area contributed by atoms with Crippen molar-refractivity contribution in [1.82, 2.24) is 4.90 Å². The smallest absolute Gasteiger partial charge is 0.231 e. The second-order valence-corrected chi connectivity index (χ2v) is 5.31. The minimum Gasteiger partial charge on any atom is -0.369 e. The van der Waals surface area contributed by atoms with Crippen LogP contribution in [0.15, 0.2) is 28.7 Å². The summed E-state index contributed by atoms with van der Waals surface area (Å²) in [4.78, 5) is 24.7. The molecule has 18 heavy (non-hydrogen) atoms. The van der Waals surface area contributed by atoms with Crippen LogP contribution in [0.25, 0.3) is 0 Å². The van der Waals surface area contributed by atoms with Gasteiger partial charge in [0.1, 0.15) is 0 Å². The average Bonchev–Trinajstić information content (AvgIpc) is 2.28. The van der Waals surface area contributed by atoms with Gasteiger partial charge in [-0.3, -0.25) is 14.5 Å². The molecule has 4 nitrogen and oxygen atoms in total. The lowest BCUT2D eigenvalue weighted by Crippen LogP contribution is -2.41. The van der Waals surface area contributed by atoms with E-state index in [1.807, 2.05) is 26.0 Å². The predicted octanol–water partition coefficient (Wildman–Crippen LogP) is 1.83. The van der Waals surface area contributed by atoms with E-state index in [0.717, 1.165) is 4.47 Å². The lowest BCUT2D eigenvalue weighted by Gasteiger charge is -2.24. The molecule has 1 amide bonds. The van der Waals surface area contributed by atoms with E-state index in [2.05, 4.69) is 15.9 Å². The van der Waals surface area contributed by atoms with Gasteiger partial charge in [-0.2, -0.15) is 0 Å². The van der Waals surface area contributed by atoms with Gasteiger partial charge in [0.15, 0.2) is 5.78 Å². The summed E-state index contributed by atoms with van der Waals surface area (Å²) in [6, 6.07) is 7.25. The zero-order valence-electron chi connectivity index (χ0n) is 10.5. The number of primary amides is 1. The van der Waals surface area contributed by atoms with Gasteiger partial charge in [0.25, 0.3) is 0 Å². The molecule has 0 bridgehead atoms. The quantitative estimate of drug-likeness (QED) is 0.815. The standard InChI is InChI=1S/C13H17BrN2O2/c1-9(2)16(8-13(15)18)7-12(17)10-3-5-11(14)6-4-10/h3-6,9H,7-8H2,1-2H3,(H2,15,18). The van der Waals surface area contributed by atoms with Crippen LogP contribution in [0.1, 0.15) is 24.2 Å². The Morgan fingerprint density at radius 1 is 1.22 bits per heavy atom.